The molecule has 2 aromatic carbocycles. The van der Waals surface area contributed by atoms with Gasteiger partial charge in [-0.25, -0.2) is 4.39 Å². The van der Waals surface area contributed by atoms with E-state index in [1.165, 1.54) is 3.57 Å². The van der Waals surface area contributed by atoms with Gasteiger partial charge in [0.2, 0.25) is 0 Å². The van der Waals surface area contributed by atoms with Crippen molar-refractivity contribution in [2.75, 3.05) is 6.54 Å². The minimum Gasteiger partial charge on any atom is -0.307 e. The molecule has 1 unspecified atom stereocenters. The van der Waals surface area contributed by atoms with Crippen molar-refractivity contribution >= 4 is 22.6 Å². The highest BCUT2D eigenvalue weighted by molar-refractivity contribution is 14.1. The summed E-state index contributed by atoms with van der Waals surface area (Å²) in [5.74, 6) is -0.147. The van der Waals surface area contributed by atoms with E-state index in [1.54, 1.807) is 13.0 Å². The Kier molecular flexibility index (Phi) is 4.93. The summed E-state index contributed by atoms with van der Waals surface area (Å²) in [6, 6.07) is 13.8. The average Bonchev–Trinajstić information content (AvgIpc) is 2.41. The fraction of sp³-hybridized carbons (Fsp3) is 0.250. The first-order valence-corrected chi connectivity index (χ1v) is 7.44. The summed E-state index contributed by atoms with van der Waals surface area (Å²) in [7, 11) is 0. The van der Waals surface area contributed by atoms with Gasteiger partial charge >= 0.3 is 0 Å². The van der Waals surface area contributed by atoms with Crippen molar-refractivity contribution < 1.29 is 4.39 Å². The molecule has 0 amide bonds. The molecule has 0 spiro atoms. The van der Waals surface area contributed by atoms with E-state index in [1.807, 2.05) is 12.1 Å². The van der Waals surface area contributed by atoms with E-state index in [0.29, 0.717) is 5.56 Å². The molecule has 0 aliphatic rings. The molecule has 0 aliphatic heterocycles. The maximum absolute atomic E-state index is 13.7. The number of benzene rings is 2. The van der Waals surface area contributed by atoms with E-state index < -0.39 is 0 Å². The summed E-state index contributed by atoms with van der Waals surface area (Å²) in [5.41, 5.74) is 2.80. The molecular formula is C16H17FIN. The maximum Gasteiger partial charge on any atom is 0.126 e. The highest BCUT2D eigenvalue weighted by atomic mass is 127. The average molecular weight is 369 g/mol. The lowest BCUT2D eigenvalue weighted by Crippen LogP contribution is -2.22. The molecule has 0 saturated heterocycles. The number of hydrogen-bond donors (Lipinski definition) is 1. The monoisotopic (exact) mass is 369 g/mol. The quantitative estimate of drug-likeness (QED) is 0.786. The van der Waals surface area contributed by atoms with Crippen molar-refractivity contribution in [1.29, 1.82) is 0 Å². The minimum atomic E-state index is -0.147. The maximum atomic E-state index is 13.7. The first-order valence-electron chi connectivity index (χ1n) is 6.36. The van der Waals surface area contributed by atoms with Crippen molar-refractivity contribution in [2.45, 2.75) is 19.9 Å². The molecule has 2 rings (SSSR count). The van der Waals surface area contributed by atoms with Crippen molar-refractivity contribution in [3.63, 3.8) is 0 Å². The Morgan fingerprint density at radius 1 is 1.11 bits per heavy atom. The lowest BCUT2D eigenvalue weighted by atomic mass is 9.97. The molecule has 0 aliphatic carbocycles. The molecule has 2 aromatic rings. The van der Waals surface area contributed by atoms with E-state index in [0.717, 1.165) is 17.7 Å². The van der Waals surface area contributed by atoms with Crippen molar-refractivity contribution in [3.05, 3.63) is 68.5 Å². The van der Waals surface area contributed by atoms with E-state index in [9.17, 15) is 4.39 Å². The summed E-state index contributed by atoms with van der Waals surface area (Å²) in [5, 5.41) is 3.41. The van der Waals surface area contributed by atoms with Crippen molar-refractivity contribution in [1.82, 2.24) is 5.32 Å². The van der Waals surface area contributed by atoms with Crippen LogP contribution in [0, 0.1) is 16.3 Å². The van der Waals surface area contributed by atoms with Crippen LogP contribution in [0.3, 0.4) is 0 Å². The summed E-state index contributed by atoms with van der Waals surface area (Å²) in [6.45, 7) is 4.68. The third kappa shape index (κ3) is 3.54. The molecular weight excluding hydrogens is 352 g/mol. The molecule has 3 heteroatoms. The van der Waals surface area contributed by atoms with Crippen LogP contribution in [-0.4, -0.2) is 6.54 Å². The number of rotatable bonds is 4. The molecule has 0 aromatic heterocycles. The molecule has 1 N–H and O–H groups in total. The summed E-state index contributed by atoms with van der Waals surface area (Å²) in [4.78, 5) is 0. The summed E-state index contributed by atoms with van der Waals surface area (Å²) >= 11 is 2.29. The summed E-state index contributed by atoms with van der Waals surface area (Å²) in [6.07, 6.45) is 0. The van der Waals surface area contributed by atoms with E-state index >= 15 is 0 Å². The van der Waals surface area contributed by atoms with Gasteiger partial charge in [-0.2, -0.15) is 0 Å². The Hall–Kier alpha value is -0.940. The Morgan fingerprint density at radius 3 is 2.32 bits per heavy atom. The zero-order valence-corrected chi connectivity index (χ0v) is 13.2. The number of nitrogens with one attached hydrogen (secondary N) is 1. The number of halogens is 2. The van der Waals surface area contributed by atoms with Crippen LogP contribution < -0.4 is 5.32 Å². The van der Waals surface area contributed by atoms with Gasteiger partial charge in [0, 0.05) is 3.57 Å². The SMILES string of the molecule is CCNC(c1ccc(I)cc1)c1ccc(C)c(F)c1. The van der Waals surface area contributed by atoms with Crippen LogP contribution in [0.5, 0.6) is 0 Å². The molecule has 0 saturated carbocycles. The first-order chi connectivity index (χ1) is 9.11. The smallest absolute Gasteiger partial charge is 0.126 e. The van der Waals surface area contributed by atoms with Gasteiger partial charge in [0.15, 0.2) is 0 Å². The van der Waals surface area contributed by atoms with E-state index in [2.05, 4.69) is 59.1 Å². The van der Waals surface area contributed by atoms with Crippen molar-refractivity contribution in [2.24, 2.45) is 0 Å². The predicted octanol–water partition coefficient (Wildman–Crippen LogP) is 4.44. The highest BCUT2D eigenvalue weighted by Gasteiger charge is 2.14. The number of aryl methyl sites for hydroxylation is 1. The molecule has 1 atom stereocenters. The zero-order valence-electron chi connectivity index (χ0n) is 11.1. The largest absolute Gasteiger partial charge is 0.307 e. The Bertz CT molecular complexity index is 551. The highest BCUT2D eigenvalue weighted by Crippen LogP contribution is 2.24. The van der Waals surface area contributed by atoms with Crippen LogP contribution in [0.25, 0.3) is 0 Å². The van der Waals surface area contributed by atoms with E-state index in [-0.39, 0.29) is 11.9 Å². The zero-order chi connectivity index (χ0) is 13.8. The lowest BCUT2D eigenvalue weighted by Gasteiger charge is -2.19. The fourth-order valence-corrected chi connectivity index (χ4v) is 2.44. The van der Waals surface area contributed by atoms with Gasteiger partial charge in [0.05, 0.1) is 6.04 Å². The molecule has 19 heavy (non-hydrogen) atoms. The lowest BCUT2D eigenvalue weighted by molar-refractivity contribution is 0.597. The molecule has 100 valence electrons. The van der Waals surface area contributed by atoms with Crippen molar-refractivity contribution in [3.8, 4) is 0 Å². The third-order valence-corrected chi connectivity index (χ3v) is 3.86. The Balaban J connectivity index is 2.38. The molecule has 0 bridgehead atoms. The standard InChI is InChI=1S/C16H17FIN/c1-3-19-16(12-6-8-14(18)9-7-12)13-5-4-11(2)15(17)10-13/h4-10,16,19H,3H2,1-2H3. The van der Waals surface area contributed by atoms with Gasteiger partial charge in [-0.05, 0) is 70.9 Å². The third-order valence-electron chi connectivity index (χ3n) is 3.14. The van der Waals surface area contributed by atoms with Crippen LogP contribution in [0.4, 0.5) is 4.39 Å². The fourth-order valence-electron chi connectivity index (χ4n) is 2.08. The second kappa shape index (κ2) is 6.48. The second-order valence-corrected chi connectivity index (χ2v) is 5.80. The van der Waals surface area contributed by atoms with Gasteiger partial charge in [0.25, 0.3) is 0 Å². The van der Waals surface area contributed by atoms with Gasteiger partial charge < -0.3 is 5.32 Å². The van der Waals surface area contributed by atoms with Crippen LogP contribution >= 0.6 is 22.6 Å². The Morgan fingerprint density at radius 2 is 1.74 bits per heavy atom. The van der Waals surface area contributed by atoms with Crippen LogP contribution in [-0.2, 0) is 0 Å². The van der Waals surface area contributed by atoms with E-state index in [4.69, 9.17) is 0 Å². The second-order valence-electron chi connectivity index (χ2n) is 4.55. The summed E-state index contributed by atoms with van der Waals surface area (Å²) < 4.78 is 14.9. The minimum absolute atomic E-state index is 0.0390. The van der Waals surface area contributed by atoms with Gasteiger partial charge in [-0.1, -0.05) is 31.2 Å². The molecule has 1 nitrogen and oxygen atoms in total. The number of hydrogen-bond acceptors (Lipinski definition) is 1. The molecule has 0 fully saturated rings. The first kappa shape index (κ1) is 14.5. The molecule has 0 radical (unpaired) electrons. The van der Waals surface area contributed by atoms with Gasteiger partial charge in [-0.15, -0.1) is 0 Å². The van der Waals surface area contributed by atoms with Gasteiger partial charge in [-0.3, -0.25) is 0 Å². The normalized spacial score (nSPS) is 12.4. The Labute approximate surface area is 127 Å². The molecule has 0 heterocycles. The van der Waals surface area contributed by atoms with Crippen LogP contribution in [0.2, 0.25) is 0 Å². The van der Waals surface area contributed by atoms with Crippen LogP contribution in [0.1, 0.15) is 29.7 Å². The predicted molar refractivity (Wildman–Crippen MR) is 85.8 cm³/mol. The van der Waals surface area contributed by atoms with Crippen LogP contribution in [0.15, 0.2) is 42.5 Å². The van der Waals surface area contributed by atoms with Gasteiger partial charge in [0.1, 0.15) is 5.82 Å². The topological polar surface area (TPSA) is 12.0 Å².